The molecule has 0 spiro atoms. The van der Waals surface area contributed by atoms with E-state index in [-0.39, 0.29) is 6.10 Å². The number of rotatable bonds is 5. The van der Waals surface area contributed by atoms with E-state index in [0.29, 0.717) is 30.8 Å². The lowest BCUT2D eigenvalue weighted by atomic mass is 10.0. The van der Waals surface area contributed by atoms with Crippen LogP contribution in [-0.2, 0) is 11.2 Å². The lowest BCUT2D eigenvalue weighted by molar-refractivity contribution is 0.112. The lowest BCUT2D eigenvalue weighted by Gasteiger charge is -2.21. The van der Waals surface area contributed by atoms with Gasteiger partial charge in [0.1, 0.15) is 5.82 Å². The molecule has 0 bridgehead atoms. The van der Waals surface area contributed by atoms with Gasteiger partial charge in [-0.1, -0.05) is 5.16 Å². The van der Waals surface area contributed by atoms with Crippen molar-refractivity contribution in [2.45, 2.75) is 25.4 Å². The summed E-state index contributed by atoms with van der Waals surface area (Å²) < 4.78 is 11.1. The molecule has 2 aromatic rings. The maximum Gasteiger partial charge on any atom is 0.227 e. The minimum atomic E-state index is 0.160. The number of hydrogen-bond donors (Lipinski definition) is 1. The number of aromatic nitrogens is 3. The molecule has 2 fully saturated rings. The molecule has 2 atom stereocenters. The van der Waals surface area contributed by atoms with Crippen LogP contribution in [0.15, 0.2) is 22.9 Å². The first kappa shape index (κ1) is 18.3. The number of hydrogen-bond acceptors (Lipinski definition) is 8. The average molecular weight is 372 g/mol. The van der Waals surface area contributed by atoms with Crippen molar-refractivity contribution < 1.29 is 9.26 Å². The minimum absolute atomic E-state index is 0.160. The van der Waals surface area contributed by atoms with Crippen LogP contribution in [0.1, 0.15) is 18.7 Å². The van der Waals surface area contributed by atoms with E-state index in [1.165, 1.54) is 0 Å². The highest BCUT2D eigenvalue weighted by molar-refractivity contribution is 5.55. The van der Waals surface area contributed by atoms with E-state index >= 15 is 0 Å². The summed E-state index contributed by atoms with van der Waals surface area (Å²) in [6.07, 6.45) is 4.84. The van der Waals surface area contributed by atoms with Gasteiger partial charge in [-0.3, -0.25) is 0 Å². The standard InChI is InChI=1S/C19H28N6O2/c1-24-5-2-6-25(8-7-24)17-4-3-15(12-21-17)19-22-18(27-23-19)10-14-9-16(11-20)26-13-14/h3-4,12,14,16H,2,5-11,13,20H2,1H3. The Labute approximate surface area is 159 Å². The second-order valence-corrected chi connectivity index (χ2v) is 7.56. The number of pyridine rings is 1. The lowest BCUT2D eigenvalue weighted by Crippen LogP contribution is -2.29. The molecule has 2 saturated heterocycles. The highest BCUT2D eigenvalue weighted by atomic mass is 16.5. The summed E-state index contributed by atoms with van der Waals surface area (Å²) in [6, 6.07) is 4.07. The van der Waals surface area contributed by atoms with Crippen molar-refractivity contribution in [3.63, 3.8) is 0 Å². The molecule has 146 valence electrons. The number of nitrogens with zero attached hydrogens (tertiary/aromatic N) is 5. The number of nitrogens with two attached hydrogens (primary N) is 1. The van der Waals surface area contributed by atoms with Crippen molar-refractivity contribution in [1.29, 1.82) is 0 Å². The van der Waals surface area contributed by atoms with Gasteiger partial charge in [0.2, 0.25) is 11.7 Å². The molecule has 2 aromatic heterocycles. The zero-order chi connectivity index (χ0) is 18.6. The Balaban J connectivity index is 1.38. The molecular formula is C19H28N6O2. The van der Waals surface area contributed by atoms with Crippen LogP contribution in [0.4, 0.5) is 5.82 Å². The van der Waals surface area contributed by atoms with Gasteiger partial charge in [0.25, 0.3) is 0 Å². The summed E-state index contributed by atoms with van der Waals surface area (Å²) in [7, 11) is 2.17. The molecule has 4 rings (SSSR count). The fourth-order valence-corrected chi connectivity index (χ4v) is 3.77. The summed E-state index contributed by atoms with van der Waals surface area (Å²) in [5.74, 6) is 2.65. The molecule has 27 heavy (non-hydrogen) atoms. The molecule has 0 amide bonds. The normalized spacial score (nSPS) is 24.3. The maximum atomic E-state index is 5.66. The molecule has 2 N–H and O–H groups in total. The van der Waals surface area contributed by atoms with Gasteiger partial charge in [0.15, 0.2) is 0 Å². The molecule has 4 heterocycles. The second-order valence-electron chi connectivity index (χ2n) is 7.56. The van der Waals surface area contributed by atoms with E-state index in [4.69, 9.17) is 15.0 Å². The van der Waals surface area contributed by atoms with Gasteiger partial charge in [-0.2, -0.15) is 4.98 Å². The summed E-state index contributed by atoms with van der Waals surface area (Å²) in [5.41, 5.74) is 6.54. The largest absolute Gasteiger partial charge is 0.377 e. The van der Waals surface area contributed by atoms with E-state index in [1.54, 1.807) is 0 Å². The second kappa shape index (κ2) is 8.33. The van der Waals surface area contributed by atoms with Crippen molar-refractivity contribution >= 4 is 5.82 Å². The van der Waals surface area contributed by atoms with Crippen LogP contribution in [-0.4, -0.2) is 72.5 Å². The predicted octanol–water partition coefficient (Wildman–Crippen LogP) is 1.18. The van der Waals surface area contributed by atoms with Gasteiger partial charge in [-0.15, -0.1) is 0 Å². The zero-order valence-electron chi connectivity index (χ0n) is 15.9. The van der Waals surface area contributed by atoms with Gasteiger partial charge in [-0.25, -0.2) is 4.98 Å². The molecule has 0 radical (unpaired) electrons. The van der Waals surface area contributed by atoms with Crippen molar-refractivity contribution in [2.75, 3.05) is 51.3 Å². The van der Waals surface area contributed by atoms with Crippen molar-refractivity contribution in [3.8, 4) is 11.4 Å². The Morgan fingerprint density at radius 2 is 2.15 bits per heavy atom. The van der Waals surface area contributed by atoms with Crippen molar-refractivity contribution in [3.05, 3.63) is 24.2 Å². The highest BCUT2D eigenvalue weighted by Crippen LogP contribution is 2.24. The highest BCUT2D eigenvalue weighted by Gasteiger charge is 2.26. The first-order valence-corrected chi connectivity index (χ1v) is 9.75. The third-order valence-electron chi connectivity index (χ3n) is 5.41. The Hall–Kier alpha value is -2.03. The first-order chi connectivity index (χ1) is 13.2. The zero-order valence-corrected chi connectivity index (χ0v) is 15.9. The fourth-order valence-electron chi connectivity index (χ4n) is 3.77. The van der Waals surface area contributed by atoms with Gasteiger partial charge in [0, 0.05) is 44.4 Å². The van der Waals surface area contributed by atoms with Gasteiger partial charge >= 0.3 is 0 Å². The van der Waals surface area contributed by atoms with E-state index < -0.39 is 0 Å². The fraction of sp³-hybridized carbons (Fsp3) is 0.632. The number of ether oxygens (including phenoxy) is 1. The van der Waals surface area contributed by atoms with Gasteiger partial charge in [-0.05, 0) is 44.5 Å². The molecule has 0 aromatic carbocycles. The Morgan fingerprint density at radius 1 is 1.22 bits per heavy atom. The van der Waals surface area contributed by atoms with Crippen LogP contribution in [0, 0.1) is 5.92 Å². The molecule has 8 nitrogen and oxygen atoms in total. The van der Waals surface area contributed by atoms with Gasteiger partial charge in [0.05, 0.1) is 12.7 Å². The number of likely N-dealkylation sites (N-methyl/N-ethyl adjacent to an activating group) is 1. The van der Waals surface area contributed by atoms with Crippen LogP contribution in [0.25, 0.3) is 11.4 Å². The summed E-state index contributed by atoms with van der Waals surface area (Å²) >= 11 is 0. The molecule has 2 aliphatic heterocycles. The van der Waals surface area contributed by atoms with Crippen LogP contribution in [0.3, 0.4) is 0 Å². The average Bonchev–Trinajstić information content (AvgIpc) is 3.29. The third kappa shape index (κ3) is 4.45. The molecule has 0 saturated carbocycles. The smallest absolute Gasteiger partial charge is 0.227 e. The molecule has 2 aliphatic rings. The van der Waals surface area contributed by atoms with Crippen LogP contribution in [0.2, 0.25) is 0 Å². The third-order valence-corrected chi connectivity index (χ3v) is 5.41. The monoisotopic (exact) mass is 372 g/mol. The van der Waals surface area contributed by atoms with E-state index in [9.17, 15) is 0 Å². The Morgan fingerprint density at radius 3 is 2.93 bits per heavy atom. The summed E-state index contributed by atoms with van der Waals surface area (Å²) in [5, 5.41) is 4.12. The predicted molar refractivity (Wildman–Crippen MR) is 102 cm³/mol. The Bertz CT molecular complexity index is 734. The van der Waals surface area contributed by atoms with Crippen molar-refractivity contribution in [2.24, 2.45) is 11.7 Å². The molecule has 2 unspecified atom stereocenters. The maximum absolute atomic E-state index is 5.66. The summed E-state index contributed by atoms with van der Waals surface area (Å²) in [6.45, 7) is 5.52. The van der Waals surface area contributed by atoms with Crippen LogP contribution >= 0.6 is 0 Å². The molecule has 0 aliphatic carbocycles. The van der Waals surface area contributed by atoms with E-state index in [1.807, 2.05) is 18.3 Å². The van der Waals surface area contributed by atoms with Crippen LogP contribution < -0.4 is 10.6 Å². The van der Waals surface area contributed by atoms with Crippen molar-refractivity contribution in [1.82, 2.24) is 20.0 Å². The van der Waals surface area contributed by atoms with E-state index in [0.717, 1.165) is 56.8 Å². The van der Waals surface area contributed by atoms with Gasteiger partial charge < -0.3 is 24.8 Å². The first-order valence-electron chi connectivity index (χ1n) is 9.75. The van der Waals surface area contributed by atoms with E-state index in [2.05, 4.69) is 32.0 Å². The molecular weight excluding hydrogens is 344 g/mol. The summed E-state index contributed by atoms with van der Waals surface area (Å²) in [4.78, 5) is 13.9. The van der Waals surface area contributed by atoms with Crippen LogP contribution in [0.5, 0.6) is 0 Å². The number of anilines is 1. The molecule has 8 heteroatoms. The quantitative estimate of drug-likeness (QED) is 0.836. The Kier molecular flexibility index (Phi) is 5.66. The SMILES string of the molecule is CN1CCCN(c2ccc(-c3noc(CC4COC(CN)C4)n3)cn2)CC1. The minimum Gasteiger partial charge on any atom is -0.377 e. The topological polar surface area (TPSA) is 93.5 Å².